The van der Waals surface area contributed by atoms with Gasteiger partial charge in [0.15, 0.2) is 11.5 Å². The van der Waals surface area contributed by atoms with E-state index in [-0.39, 0.29) is 23.8 Å². The number of hydrogen-bond acceptors (Lipinski definition) is 5. The Bertz CT molecular complexity index is 568. The number of anilines is 2. The van der Waals surface area contributed by atoms with Crippen LogP contribution in [0.2, 0.25) is 0 Å². The monoisotopic (exact) mass is 275 g/mol. The van der Waals surface area contributed by atoms with E-state index in [2.05, 4.69) is 9.97 Å². The highest BCUT2D eigenvalue weighted by Crippen LogP contribution is 2.24. The van der Waals surface area contributed by atoms with Crippen LogP contribution < -0.4 is 10.6 Å². The van der Waals surface area contributed by atoms with Crippen molar-refractivity contribution in [3.63, 3.8) is 0 Å². The third-order valence-corrected chi connectivity index (χ3v) is 2.41. The second-order valence-corrected chi connectivity index (χ2v) is 3.91. The lowest BCUT2D eigenvalue weighted by molar-refractivity contribution is -0.119. The Kier molecular flexibility index (Phi) is 3.47. The summed E-state index contributed by atoms with van der Waals surface area (Å²) in [6, 6.07) is 0. The number of fused-ring (bicyclic) bond motifs is 1. The van der Waals surface area contributed by atoms with E-state index in [9.17, 15) is 13.2 Å². The van der Waals surface area contributed by atoms with Gasteiger partial charge in [0.05, 0.1) is 12.8 Å². The third kappa shape index (κ3) is 3.05. The summed E-state index contributed by atoms with van der Waals surface area (Å²) in [6.07, 6.45) is 0.0356. The number of nitrogens with zero attached hydrogens (tertiary/aromatic N) is 4. The molecule has 0 aliphatic carbocycles. The molecule has 2 rings (SSSR count). The topological polar surface area (TPSA) is 79.7 Å². The predicted octanol–water partition coefficient (Wildman–Crippen LogP) is 0.673. The average molecular weight is 275 g/mol. The van der Waals surface area contributed by atoms with E-state index in [4.69, 9.17) is 10.8 Å². The predicted molar refractivity (Wildman–Crippen MR) is 62.8 cm³/mol. The summed E-state index contributed by atoms with van der Waals surface area (Å²) in [5, 5.41) is 8.89. The van der Waals surface area contributed by atoms with E-state index in [0.717, 1.165) is 4.90 Å². The SMILES string of the molecule is Nc1cn2ccnc2c(N(CCO)CC(F)(F)F)n1. The van der Waals surface area contributed by atoms with E-state index < -0.39 is 19.3 Å². The normalized spacial score (nSPS) is 12.0. The molecular formula is C10H12F3N5O. The van der Waals surface area contributed by atoms with Gasteiger partial charge in [-0.3, -0.25) is 0 Å². The van der Waals surface area contributed by atoms with Gasteiger partial charge in [-0.25, -0.2) is 9.97 Å². The highest BCUT2D eigenvalue weighted by atomic mass is 19.4. The van der Waals surface area contributed by atoms with Crippen molar-refractivity contribution in [2.24, 2.45) is 0 Å². The van der Waals surface area contributed by atoms with E-state index in [0.29, 0.717) is 0 Å². The molecule has 2 aromatic rings. The Balaban J connectivity index is 2.45. The summed E-state index contributed by atoms with van der Waals surface area (Å²) >= 11 is 0. The Morgan fingerprint density at radius 2 is 2.16 bits per heavy atom. The molecule has 2 heterocycles. The second kappa shape index (κ2) is 4.92. The number of alkyl halides is 3. The van der Waals surface area contributed by atoms with Crippen LogP contribution in [0.5, 0.6) is 0 Å². The van der Waals surface area contributed by atoms with Crippen molar-refractivity contribution in [2.45, 2.75) is 6.18 Å². The van der Waals surface area contributed by atoms with E-state index in [1.807, 2.05) is 0 Å². The van der Waals surface area contributed by atoms with Crippen molar-refractivity contribution in [1.82, 2.24) is 14.4 Å². The van der Waals surface area contributed by atoms with Gasteiger partial charge in [0, 0.05) is 18.9 Å². The Morgan fingerprint density at radius 3 is 2.79 bits per heavy atom. The third-order valence-electron chi connectivity index (χ3n) is 2.41. The molecule has 0 aliphatic rings. The molecule has 0 unspecified atom stereocenters. The van der Waals surface area contributed by atoms with Gasteiger partial charge in [0.2, 0.25) is 0 Å². The van der Waals surface area contributed by atoms with Gasteiger partial charge in [-0.2, -0.15) is 13.2 Å². The minimum atomic E-state index is -4.41. The largest absolute Gasteiger partial charge is 0.405 e. The molecule has 3 N–H and O–H groups in total. The second-order valence-electron chi connectivity index (χ2n) is 3.91. The highest BCUT2D eigenvalue weighted by molar-refractivity contribution is 5.66. The quantitative estimate of drug-likeness (QED) is 0.857. The minimum Gasteiger partial charge on any atom is -0.395 e. The van der Waals surface area contributed by atoms with Gasteiger partial charge in [0.25, 0.3) is 0 Å². The molecule has 0 amide bonds. The van der Waals surface area contributed by atoms with Crippen molar-refractivity contribution in [2.75, 3.05) is 30.3 Å². The molecular weight excluding hydrogens is 263 g/mol. The van der Waals surface area contributed by atoms with Crippen molar-refractivity contribution in [3.05, 3.63) is 18.6 Å². The van der Waals surface area contributed by atoms with Crippen LogP contribution in [0.4, 0.5) is 24.8 Å². The summed E-state index contributed by atoms with van der Waals surface area (Å²) in [7, 11) is 0. The number of aliphatic hydroxyl groups is 1. The van der Waals surface area contributed by atoms with Gasteiger partial charge in [-0.1, -0.05) is 0 Å². The molecule has 0 bridgehead atoms. The number of halogens is 3. The number of nitrogen functional groups attached to an aromatic ring is 1. The van der Waals surface area contributed by atoms with Crippen LogP contribution in [0.25, 0.3) is 5.65 Å². The molecule has 19 heavy (non-hydrogen) atoms. The first kappa shape index (κ1) is 13.4. The Hall–Kier alpha value is -2.03. The number of aromatic nitrogens is 3. The van der Waals surface area contributed by atoms with Gasteiger partial charge in [0.1, 0.15) is 12.4 Å². The zero-order chi connectivity index (χ0) is 14.0. The first-order valence-electron chi connectivity index (χ1n) is 5.42. The van der Waals surface area contributed by atoms with Crippen LogP contribution in [-0.2, 0) is 0 Å². The molecule has 0 aliphatic heterocycles. The van der Waals surface area contributed by atoms with Crippen molar-refractivity contribution < 1.29 is 18.3 Å². The number of nitrogens with two attached hydrogens (primary N) is 1. The standard InChI is InChI=1S/C10H12F3N5O/c11-10(12,13)6-18(3-4-19)9-8-15-1-2-17(8)5-7(14)16-9/h1-2,5,19H,3-4,6,14H2. The molecule has 104 valence electrons. The molecule has 0 atom stereocenters. The molecule has 0 saturated heterocycles. The fraction of sp³-hybridized carbons (Fsp3) is 0.400. The van der Waals surface area contributed by atoms with Crippen LogP contribution in [0.3, 0.4) is 0 Å². The molecule has 0 radical (unpaired) electrons. The lowest BCUT2D eigenvalue weighted by Gasteiger charge is -2.24. The highest BCUT2D eigenvalue weighted by Gasteiger charge is 2.32. The van der Waals surface area contributed by atoms with E-state index in [1.165, 1.54) is 16.8 Å². The smallest absolute Gasteiger partial charge is 0.395 e. The lowest BCUT2D eigenvalue weighted by atomic mass is 10.4. The maximum atomic E-state index is 12.5. The van der Waals surface area contributed by atoms with Crippen LogP contribution >= 0.6 is 0 Å². The van der Waals surface area contributed by atoms with Crippen LogP contribution in [0.15, 0.2) is 18.6 Å². The minimum absolute atomic E-state index is 0.00336. The maximum Gasteiger partial charge on any atom is 0.405 e. The van der Waals surface area contributed by atoms with Crippen LogP contribution in [0, 0.1) is 0 Å². The van der Waals surface area contributed by atoms with Crippen LogP contribution in [-0.4, -0.2) is 45.3 Å². The average Bonchev–Trinajstić information content (AvgIpc) is 2.73. The molecule has 6 nitrogen and oxygen atoms in total. The summed E-state index contributed by atoms with van der Waals surface area (Å²) in [5.41, 5.74) is 5.81. The van der Waals surface area contributed by atoms with E-state index in [1.54, 1.807) is 6.20 Å². The fourth-order valence-electron chi connectivity index (χ4n) is 1.74. The molecule has 9 heteroatoms. The van der Waals surface area contributed by atoms with Gasteiger partial charge in [-0.05, 0) is 0 Å². The molecule has 0 aromatic carbocycles. The summed E-state index contributed by atoms with van der Waals surface area (Å²) in [6.45, 7) is -1.87. The van der Waals surface area contributed by atoms with Gasteiger partial charge < -0.3 is 20.1 Å². The number of aliphatic hydroxyl groups excluding tert-OH is 1. The summed E-state index contributed by atoms with van der Waals surface area (Å²) < 4.78 is 39.1. The first-order valence-corrected chi connectivity index (χ1v) is 5.42. The zero-order valence-corrected chi connectivity index (χ0v) is 9.80. The number of imidazole rings is 1. The summed E-state index contributed by atoms with van der Waals surface area (Å²) in [4.78, 5) is 8.73. The van der Waals surface area contributed by atoms with Crippen molar-refractivity contribution >= 4 is 17.3 Å². The summed E-state index contributed by atoms with van der Waals surface area (Å²) in [5.74, 6) is 0.0713. The molecule has 0 saturated carbocycles. The van der Waals surface area contributed by atoms with Crippen molar-refractivity contribution in [1.29, 1.82) is 0 Å². The maximum absolute atomic E-state index is 12.5. The number of hydrogen-bond donors (Lipinski definition) is 2. The van der Waals surface area contributed by atoms with Crippen LogP contribution in [0.1, 0.15) is 0 Å². The molecule has 0 fully saturated rings. The Labute approximate surface area is 106 Å². The van der Waals surface area contributed by atoms with Gasteiger partial charge in [-0.15, -0.1) is 0 Å². The zero-order valence-electron chi connectivity index (χ0n) is 9.80. The fourth-order valence-corrected chi connectivity index (χ4v) is 1.74. The van der Waals surface area contributed by atoms with E-state index >= 15 is 0 Å². The van der Waals surface area contributed by atoms with Crippen molar-refractivity contribution in [3.8, 4) is 0 Å². The molecule has 0 spiro atoms. The number of rotatable bonds is 4. The Morgan fingerprint density at radius 1 is 1.42 bits per heavy atom. The molecule has 2 aromatic heterocycles. The lowest BCUT2D eigenvalue weighted by Crippen LogP contribution is -2.37. The first-order chi connectivity index (χ1) is 8.90. The van der Waals surface area contributed by atoms with Gasteiger partial charge >= 0.3 is 6.18 Å².